The minimum Gasteiger partial charge on any atom is -0.374 e. The predicted molar refractivity (Wildman–Crippen MR) is 76.2 cm³/mol. The number of nitrogens with two attached hydrogens (primary N) is 1. The molecule has 2 heterocycles. The number of morpholine rings is 1. The zero-order valence-electron chi connectivity index (χ0n) is 11.6. The summed E-state index contributed by atoms with van der Waals surface area (Å²) in [6, 6.07) is 1.66. The van der Waals surface area contributed by atoms with Gasteiger partial charge in [-0.1, -0.05) is 6.92 Å². The van der Waals surface area contributed by atoms with Crippen molar-refractivity contribution in [3.05, 3.63) is 24.0 Å². The summed E-state index contributed by atoms with van der Waals surface area (Å²) >= 11 is 0. The van der Waals surface area contributed by atoms with Gasteiger partial charge in [0.25, 0.3) is 5.91 Å². The van der Waals surface area contributed by atoms with E-state index in [0.717, 1.165) is 19.6 Å². The fourth-order valence-corrected chi connectivity index (χ4v) is 2.19. The van der Waals surface area contributed by atoms with Gasteiger partial charge in [-0.2, -0.15) is 0 Å². The summed E-state index contributed by atoms with van der Waals surface area (Å²) in [6.45, 7) is 6.09. The quantitative estimate of drug-likeness (QED) is 0.511. The van der Waals surface area contributed by atoms with Crippen molar-refractivity contribution in [3.8, 4) is 0 Å². The van der Waals surface area contributed by atoms with Crippen molar-refractivity contribution in [2.24, 2.45) is 5.84 Å². The van der Waals surface area contributed by atoms with Gasteiger partial charge in [0.1, 0.15) is 0 Å². The summed E-state index contributed by atoms with van der Waals surface area (Å²) in [7, 11) is 0. The Morgan fingerprint density at radius 3 is 3.25 bits per heavy atom. The number of carbonyl (C=O) groups is 1. The van der Waals surface area contributed by atoms with Crippen molar-refractivity contribution < 1.29 is 9.53 Å². The highest BCUT2D eigenvalue weighted by atomic mass is 16.5. The van der Waals surface area contributed by atoms with Crippen molar-refractivity contribution in [3.63, 3.8) is 0 Å². The molecule has 7 nitrogen and oxygen atoms in total. The molecule has 0 aromatic carbocycles. The molecule has 1 saturated heterocycles. The van der Waals surface area contributed by atoms with E-state index < -0.39 is 0 Å². The van der Waals surface area contributed by atoms with E-state index in [1.54, 1.807) is 12.3 Å². The van der Waals surface area contributed by atoms with Gasteiger partial charge in [0.15, 0.2) is 0 Å². The zero-order chi connectivity index (χ0) is 14.4. The van der Waals surface area contributed by atoms with Crippen LogP contribution in [-0.2, 0) is 4.74 Å². The van der Waals surface area contributed by atoms with Gasteiger partial charge in [-0.25, -0.2) is 0 Å². The molecule has 110 valence electrons. The second-order valence-electron chi connectivity index (χ2n) is 4.66. The minimum absolute atomic E-state index is 0.0265. The number of pyridine rings is 1. The molecular formula is C13H21N5O2. The first-order chi connectivity index (χ1) is 9.74. The minimum atomic E-state index is -0.205. The maximum absolute atomic E-state index is 12.1. The third-order valence-electron chi connectivity index (χ3n) is 3.38. The van der Waals surface area contributed by atoms with E-state index in [4.69, 9.17) is 10.6 Å². The number of hydrogen-bond donors (Lipinski definition) is 3. The van der Waals surface area contributed by atoms with E-state index in [9.17, 15) is 4.79 Å². The van der Waals surface area contributed by atoms with Crippen molar-refractivity contribution in [1.29, 1.82) is 0 Å². The summed E-state index contributed by atoms with van der Waals surface area (Å²) in [5.74, 6) is 5.17. The number of rotatable bonds is 5. The topological polar surface area (TPSA) is 92.5 Å². The Morgan fingerprint density at radius 1 is 1.65 bits per heavy atom. The molecule has 1 atom stereocenters. The van der Waals surface area contributed by atoms with Crippen LogP contribution in [0.5, 0.6) is 0 Å². The van der Waals surface area contributed by atoms with Gasteiger partial charge < -0.3 is 15.5 Å². The van der Waals surface area contributed by atoms with Gasteiger partial charge in [-0.05, 0) is 12.6 Å². The molecule has 1 aliphatic rings. The second kappa shape index (κ2) is 7.18. The molecule has 1 amide bonds. The third kappa shape index (κ3) is 3.66. The molecule has 1 aromatic heterocycles. The van der Waals surface area contributed by atoms with Crippen LogP contribution in [0.1, 0.15) is 17.3 Å². The van der Waals surface area contributed by atoms with E-state index in [1.807, 2.05) is 0 Å². The lowest BCUT2D eigenvalue weighted by Crippen LogP contribution is -2.47. The van der Waals surface area contributed by atoms with Gasteiger partial charge in [0, 0.05) is 32.0 Å². The number of likely N-dealkylation sites (N-methyl/N-ethyl adjacent to an activating group) is 1. The number of ether oxygens (including phenoxy) is 1. The van der Waals surface area contributed by atoms with Gasteiger partial charge in [0.05, 0.1) is 24.0 Å². The molecule has 0 saturated carbocycles. The normalized spacial score (nSPS) is 19.6. The average molecular weight is 279 g/mol. The lowest BCUT2D eigenvalue weighted by molar-refractivity contribution is -0.0246. The molecule has 1 unspecified atom stereocenters. The molecule has 2 rings (SSSR count). The molecule has 1 aliphatic heterocycles. The Hall–Kier alpha value is -1.70. The van der Waals surface area contributed by atoms with Crippen molar-refractivity contribution in [2.75, 3.05) is 38.2 Å². The lowest BCUT2D eigenvalue weighted by Gasteiger charge is -2.32. The Morgan fingerprint density at radius 2 is 2.50 bits per heavy atom. The summed E-state index contributed by atoms with van der Waals surface area (Å²) in [5, 5.41) is 2.86. The predicted octanol–water partition coefficient (Wildman–Crippen LogP) is -0.182. The van der Waals surface area contributed by atoms with Crippen molar-refractivity contribution in [2.45, 2.75) is 13.0 Å². The van der Waals surface area contributed by atoms with E-state index in [0.29, 0.717) is 24.4 Å². The molecule has 0 spiro atoms. The van der Waals surface area contributed by atoms with Crippen LogP contribution < -0.4 is 16.6 Å². The molecule has 1 fully saturated rings. The molecule has 0 aliphatic carbocycles. The van der Waals surface area contributed by atoms with Crippen LogP contribution in [0.3, 0.4) is 0 Å². The maximum atomic E-state index is 12.1. The maximum Gasteiger partial charge on any atom is 0.255 e. The molecular weight excluding hydrogens is 258 g/mol. The number of carbonyl (C=O) groups excluding carboxylic acids is 1. The van der Waals surface area contributed by atoms with Gasteiger partial charge in [-0.3, -0.25) is 20.5 Å². The number of hydrogen-bond acceptors (Lipinski definition) is 6. The smallest absolute Gasteiger partial charge is 0.255 e. The number of aromatic nitrogens is 1. The van der Waals surface area contributed by atoms with Crippen molar-refractivity contribution in [1.82, 2.24) is 15.2 Å². The number of hydrazine groups is 1. The Bertz CT molecular complexity index is 454. The van der Waals surface area contributed by atoms with Crippen LogP contribution in [0.4, 0.5) is 5.69 Å². The fraction of sp³-hybridized carbons (Fsp3) is 0.538. The van der Waals surface area contributed by atoms with Crippen LogP contribution >= 0.6 is 0 Å². The number of nitrogen functional groups attached to an aromatic ring is 1. The Balaban J connectivity index is 1.88. The fourth-order valence-electron chi connectivity index (χ4n) is 2.19. The Labute approximate surface area is 118 Å². The first-order valence-electron chi connectivity index (χ1n) is 6.77. The van der Waals surface area contributed by atoms with Gasteiger partial charge >= 0.3 is 0 Å². The van der Waals surface area contributed by atoms with Crippen LogP contribution in [0.2, 0.25) is 0 Å². The second-order valence-corrected chi connectivity index (χ2v) is 4.66. The molecule has 0 radical (unpaired) electrons. The number of nitrogens with one attached hydrogen (secondary N) is 2. The average Bonchev–Trinajstić information content (AvgIpc) is 2.52. The van der Waals surface area contributed by atoms with Crippen LogP contribution in [0, 0.1) is 0 Å². The molecule has 4 N–H and O–H groups in total. The van der Waals surface area contributed by atoms with Gasteiger partial charge in [0.2, 0.25) is 0 Å². The van der Waals surface area contributed by atoms with Crippen LogP contribution in [-0.4, -0.2) is 54.7 Å². The highest BCUT2D eigenvalue weighted by Gasteiger charge is 2.20. The van der Waals surface area contributed by atoms with Crippen molar-refractivity contribution >= 4 is 11.6 Å². The van der Waals surface area contributed by atoms with Crippen LogP contribution in [0.15, 0.2) is 18.5 Å². The lowest BCUT2D eigenvalue weighted by atomic mass is 10.2. The molecule has 20 heavy (non-hydrogen) atoms. The number of nitrogens with zero attached hydrogens (tertiary/aromatic N) is 2. The number of amides is 1. The molecule has 7 heteroatoms. The monoisotopic (exact) mass is 279 g/mol. The summed E-state index contributed by atoms with van der Waals surface area (Å²) in [5.41, 5.74) is 3.47. The standard InChI is InChI=1S/C13H21N5O2/c1-2-18-5-6-20-10(9-18)7-16-13(19)11-8-15-4-3-12(11)17-14/h3-4,8,10H,2,5-7,9,14H2,1H3,(H,15,17)(H,16,19). The van der Waals surface area contributed by atoms with E-state index in [2.05, 4.69) is 27.6 Å². The highest BCUT2D eigenvalue weighted by Crippen LogP contribution is 2.11. The number of anilines is 1. The van der Waals surface area contributed by atoms with Crippen LogP contribution in [0.25, 0.3) is 0 Å². The molecule has 1 aromatic rings. The van der Waals surface area contributed by atoms with Gasteiger partial charge in [-0.15, -0.1) is 0 Å². The first kappa shape index (κ1) is 14.7. The van der Waals surface area contributed by atoms with E-state index >= 15 is 0 Å². The zero-order valence-corrected chi connectivity index (χ0v) is 11.6. The highest BCUT2D eigenvalue weighted by molar-refractivity contribution is 5.99. The summed E-state index contributed by atoms with van der Waals surface area (Å²) < 4.78 is 5.64. The molecule has 0 bridgehead atoms. The SMILES string of the molecule is CCN1CCOC(CNC(=O)c2cnccc2NN)C1. The summed E-state index contributed by atoms with van der Waals surface area (Å²) in [6.07, 6.45) is 3.10. The van der Waals surface area contributed by atoms with E-state index in [-0.39, 0.29) is 12.0 Å². The largest absolute Gasteiger partial charge is 0.374 e. The third-order valence-corrected chi connectivity index (χ3v) is 3.38. The van der Waals surface area contributed by atoms with E-state index in [1.165, 1.54) is 6.20 Å². The first-order valence-corrected chi connectivity index (χ1v) is 6.77. The summed E-state index contributed by atoms with van der Waals surface area (Å²) in [4.78, 5) is 18.3. The Kier molecular flexibility index (Phi) is 5.28.